The van der Waals surface area contributed by atoms with Crippen molar-refractivity contribution in [3.8, 4) is 0 Å². The van der Waals surface area contributed by atoms with Gasteiger partial charge in [0.1, 0.15) is 12.7 Å². The van der Waals surface area contributed by atoms with Gasteiger partial charge < -0.3 is 18.9 Å². The third kappa shape index (κ3) is 5.91. The van der Waals surface area contributed by atoms with Gasteiger partial charge in [-0.1, -0.05) is 54.6 Å². The molecule has 0 radical (unpaired) electrons. The Balaban J connectivity index is 1.54. The minimum Gasteiger partial charge on any atom is -0.459 e. The van der Waals surface area contributed by atoms with E-state index in [0.29, 0.717) is 0 Å². The van der Waals surface area contributed by atoms with Crippen LogP contribution in [0.1, 0.15) is 44.2 Å². The Kier molecular flexibility index (Phi) is 8.12. The number of hydrogen-bond acceptors (Lipinski definition) is 9. The highest BCUT2D eigenvalue weighted by atomic mass is 16.7. The predicted molar refractivity (Wildman–Crippen MR) is 148 cm³/mol. The van der Waals surface area contributed by atoms with Crippen molar-refractivity contribution >= 4 is 17.9 Å². The van der Waals surface area contributed by atoms with Gasteiger partial charge in [-0.05, 0) is 43.3 Å². The van der Waals surface area contributed by atoms with Crippen LogP contribution in [0, 0.1) is 0 Å². The SMILES string of the molecule is C[C@@]1(OC(=O)c2ccccc2)C(OC(=O)c2ccccc2)[C@@H](COC(=O)c2ccccc2)O[C@H]1n1ccc(=O)[nH]c1=O. The quantitative estimate of drug-likeness (QED) is 0.250. The standard InChI is InChI=1S/C31H26N2O9/c1-31(42-28(37)22-15-9-4-10-16-22)25(41-27(36)21-13-7-3-8-14-21)23(19-39-26(35)20-11-5-2-6-12-20)40-29(31)33-18-17-24(34)32-30(33)38/h2-18,23,25,29H,19H2,1H3,(H,32,34,38)/t23-,25?,29-,31-/m1/s1. The molecule has 3 aromatic carbocycles. The van der Waals surface area contributed by atoms with Crippen LogP contribution < -0.4 is 11.2 Å². The van der Waals surface area contributed by atoms with Gasteiger partial charge in [-0.25, -0.2) is 19.2 Å². The second-order valence-electron chi connectivity index (χ2n) is 9.64. The summed E-state index contributed by atoms with van der Waals surface area (Å²) in [6, 6.07) is 25.5. The van der Waals surface area contributed by atoms with Gasteiger partial charge >= 0.3 is 23.6 Å². The number of benzene rings is 3. The average molecular weight is 571 g/mol. The molecule has 0 spiro atoms. The molecule has 42 heavy (non-hydrogen) atoms. The van der Waals surface area contributed by atoms with E-state index in [4.69, 9.17) is 18.9 Å². The number of aromatic amines is 1. The number of rotatable bonds is 8. The van der Waals surface area contributed by atoms with E-state index in [1.54, 1.807) is 78.9 Å². The zero-order chi connectivity index (χ0) is 29.7. The zero-order valence-corrected chi connectivity index (χ0v) is 22.4. The van der Waals surface area contributed by atoms with Crippen LogP contribution in [-0.4, -0.2) is 51.9 Å². The lowest BCUT2D eigenvalue weighted by Gasteiger charge is -2.34. The van der Waals surface area contributed by atoms with E-state index >= 15 is 0 Å². The van der Waals surface area contributed by atoms with Crippen molar-refractivity contribution in [1.29, 1.82) is 0 Å². The molecule has 1 N–H and O–H groups in total. The van der Waals surface area contributed by atoms with Gasteiger partial charge in [0, 0.05) is 12.3 Å². The van der Waals surface area contributed by atoms with Gasteiger partial charge in [-0.15, -0.1) is 0 Å². The van der Waals surface area contributed by atoms with E-state index in [2.05, 4.69) is 4.98 Å². The summed E-state index contributed by atoms with van der Waals surface area (Å²) in [5, 5.41) is 0. The Morgan fingerprint density at radius 1 is 0.786 bits per heavy atom. The molecule has 4 aromatic rings. The van der Waals surface area contributed by atoms with Crippen LogP contribution in [0.4, 0.5) is 0 Å². The van der Waals surface area contributed by atoms with Crippen LogP contribution >= 0.6 is 0 Å². The van der Waals surface area contributed by atoms with Crippen molar-refractivity contribution in [1.82, 2.24) is 9.55 Å². The Bertz CT molecular complexity index is 1690. The molecular formula is C31H26N2O9. The number of carbonyl (C=O) groups is 3. The summed E-state index contributed by atoms with van der Waals surface area (Å²) in [7, 11) is 0. The molecule has 1 aliphatic heterocycles. The molecule has 1 aliphatic rings. The molecule has 1 unspecified atom stereocenters. The smallest absolute Gasteiger partial charge is 0.338 e. The molecule has 0 amide bonds. The first-order valence-electron chi connectivity index (χ1n) is 13.0. The van der Waals surface area contributed by atoms with Gasteiger partial charge in [0.25, 0.3) is 5.56 Å². The number of H-pyrrole nitrogens is 1. The van der Waals surface area contributed by atoms with Gasteiger partial charge in [0.2, 0.25) is 0 Å². The van der Waals surface area contributed by atoms with E-state index < -0.39 is 59.8 Å². The molecular weight excluding hydrogens is 544 g/mol. The van der Waals surface area contributed by atoms with Crippen molar-refractivity contribution < 1.29 is 33.3 Å². The molecule has 2 heterocycles. The summed E-state index contributed by atoms with van der Waals surface area (Å²) in [4.78, 5) is 66.2. The maximum atomic E-state index is 13.3. The molecule has 0 aliphatic carbocycles. The molecule has 0 bridgehead atoms. The van der Waals surface area contributed by atoms with Crippen molar-refractivity contribution in [3.63, 3.8) is 0 Å². The Morgan fingerprint density at radius 2 is 1.31 bits per heavy atom. The maximum Gasteiger partial charge on any atom is 0.338 e. The topological polar surface area (TPSA) is 143 Å². The summed E-state index contributed by atoms with van der Waals surface area (Å²) in [5.74, 6) is -2.22. The molecule has 1 saturated heterocycles. The maximum absolute atomic E-state index is 13.3. The molecule has 214 valence electrons. The summed E-state index contributed by atoms with van der Waals surface area (Å²) < 4.78 is 24.6. The average Bonchev–Trinajstić information content (AvgIpc) is 3.27. The lowest BCUT2D eigenvalue weighted by atomic mass is 9.95. The fraction of sp³-hybridized carbons (Fsp3) is 0.194. The van der Waals surface area contributed by atoms with Crippen LogP contribution in [0.5, 0.6) is 0 Å². The highest BCUT2D eigenvalue weighted by molar-refractivity contribution is 5.91. The Morgan fingerprint density at radius 3 is 1.86 bits per heavy atom. The van der Waals surface area contributed by atoms with Crippen molar-refractivity contribution in [3.05, 3.63) is 141 Å². The van der Waals surface area contributed by atoms with E-state index in [-0.39, 0.29) is 16.7 Å². The highest BCUT2D eigenvalue weighted by Crippen LogP contribution is 2.43. The number of esters is 3. The van der Waals surface area contributed by atoms with Gasteiger partial charge in [-0.2, -0.15) is 0 Å². The van der Waals surface area contributed by atoms with Crippen molar-refractivity contribution in [2.24, 2.45) is 0 Å². The number of nitrogens with zero attached hydrogens (tertiary/aromatic N) is 1. The van der Waals surface area contributed by atoms with Crippen LogP contribution in [0.15, 0.2) is 113 Å². The third-order valence-corrected chi connectivity index (χ3v) is 6.75. The fourth-order valence-corrected chi connectivity index (χ4v) is 4.67. The van der Waals surface area contributed by atoms with Crippen LogP contribution in [-0.2, 0) is 18.9 Å². The second-order valence-corrected chi connectivity index (χ2v) is 9.64. The first-order chi connectivity index (χ1) is 20.3. The normalized spacial score (nSPS) is 21.3. The van der Waals surface area contributed by atoms with Crippen LogP contribution in [0.25, 0.3) is 0 Å². The Labute approximate surface area is 239 Å². The lowest BCUT2D eigenvalue weighted by Crippen LogP contribution is -2.52. The second kappa shape index (κ2) is 12.1. The van der Waals surface area contributed by atoms with Gasteiger partial charge in [-0.3, -0.25) is 14.3 Å². The number of nitrogens with one attached hydrogen (secondary N) is 1. The highest BCUT2D eigenvalue weighted by Gasteiger charge is 2.60. The Hall–Kier alpha value is -5.29. The summed E-state index contributed by atoms with van der Waals surface area (Å²) in [6.07, 6.45) is -2.79. The number of ether oxygens (including phenoxy) is 4. The minimum atomic E-state index is -1.84. The largest absolute Gasteiger partial charge is 0.459 e. The van der Waals surface area contributed by atoms with E-state index in [1.807, 2.05) is 0 Å². The monoisotopic (exact) mass is 570 g/mol. The molecule has 11 nitrogen and oxygen atoms in total. The summed E-state index contributed by atoms with van der Waals surface area (Å²) >= 11 is 0. The zero-order valence-electron chi connectivity index (χ0n) is 22.4. The van der Waals surface area contributed by atoms with E-state index in [1.165, 1.54) is 25.3 Å². The fourth-order valence-electron chi connectivity index (χ4n) is 4.67. The summed E-state index contributed by atoms with van der Waals surface area (Å²) in [5.41, 5.74) is -2.68. The molecule has 11 heteroatoms. The van der Waals surface area contributed by atoms with E-state index in [0.717, 1.165) is 10.6 Å². The van der Waals surface area contributed by atoms with Gasteiger partial charge in [0.15, 0.2) is 17.9 Å². The molecule has 0 saturated carbocycles. The van der Waals surface area contributed by atoms with Gasteiger partial charge in [0.05, 0.1) is 16.7 Å². The number of aromatic nitrogens is 2. The van der Waals surface area contributed by atoms with Crippen molar-refractivity contribution in [2.75, 3.05) is 6.61 Å². The number of carbonyl (C=O) groups excluding carboxylic acids is 3. The summed E-state index contributed by atoms with van der Waals surface area (Å²) in [6.45, 7) is 1.02. The van der Waals surface area contributed by atoms with Crippen LogP contribution in [0.3, 0.4) is 0 Å². The minimum absolute atomic E-state index is 0.193. The number of hydrogen-bond donors (Lipinski definition) is 1. The first kappa shape index (κ1) is 28.2. The van der Waals surface area contributed by atoms with E-state index in [9.17, 15) is 24.0 Å². The first-order valence-corrected chi connectivity index (χ1v) is 13.0. The third-order valence-electron chi connectivity index (χ3n) is 6.75. The van der Waals surface area contributed by atoms with Crippen LogP contribution in [0.2, 0.25) is 0 Å². The molecule has 4 atom stereocenters. The molecule has 1 fully saturated rings. The predicted octanol–water partition coefficient (Wildman–Crippen LogP) is 3.13. The molecule has 1 aromatic heterocycles. The van der Waals surface area contributed by atoms with Crippen molar-refractivity contribution in [2.45, 2.75) is 31.0 Å². The lowest BCUT2D eigenvalue weighted by molar-refractivity contribution is -0.111. The molecule has 5 rings (SSSR count).